The molecular weight excluding hydrogens is 360 g/mol. The zero-order valence-corrected chi connectivity index (χ0v) is 16.5. The van der Waals surface area contributed by atoms with Crippen molar-refractivity contribution in [1.29, 1.82) is 0 Å². The Morgan fingerprint density at radius 3 is 2.48 bits per heavy atom. The van der Waals surface area contributed by atoms with Crippen LogP contribution >= 0.6 is 0 Å². The normalized spacial score (nSPS) is 10.9. The molecule has 0 saturated heterocycles. The number of nitrogens with zero attached hydrogens (tertiary/aromatic N) is 4. The lowest BCUT2D eigenvalue weighted by molar-refractivity contribution is -0.129. The third kappa shape index (κ3) is 4.35. The Balaban J connectivity index is 1.47. The average molecular weight is 384 g/mol. The second-order valence-electron chi connectivity index (χ2n) is 7.07. The fourth-order valence-corrected chi connectivity index (χ4v) is 3.47. The summed E-state index contributed by atoms with van der Waals surface area (Å²) in [4.78, 5) is 23.6. The van der Waals surface area contributed by atoms with Gasteiger partial charge in [0.05, 0.1) is 11.0 Å². The lowest BCUT2D eigenvalue weighted by Crippen LogP contribution is -2.29. The highest BCUT2D eigenvalue weighted by atomic mass is 16.2. The first-order valence-corrected chi connectivity index (χ1v) is 9.88. The van der Waals surface area contributed by atoms with Crippen LogP contribution in [0.2, 0.25) is 0 Å². The molecule has 0 N–H and O–H groups in total. The van der Waals surface area contributed by atoms with E-state index in [1.165, 1.54) is 0 Å². The third-order valence-corrected chi connectivity index (χ3v) is 5.06. The molecule has 0 spiro atoms. The van der Waals surface area contributed by atoms with Crippen molar-refractivity contribution in [2.24, 2.45) is 0 Å². The van der Waals surface area contributed by atoms with E-state index in [9.17, 15) is 4.79 Å². The molecule has 0 atom stereocenters. The maximum atomic E-state index is 12.7. The molecule has 2 aromatic carbocycles. The molecule has 0 bridgehead atoms. The number of aryl methyl sites for hydroxylation is 1. The number of hydrogen-bond donors (Lipinski definition) is 0. The number of fused-ring (bicyclic) bond motifs is 1. The molecule has 2 aromatic heterocycles. The van der Waals surface area contributed by atoms with E-state index in [0.29, 0.717) is 19.4 Å². The number of aromatic nitrogens is 3. The summed E-state index contributed by atoms with van der Waals surface area (Å²) in [6.45, 7) is 0.658. The molecule has 2 heterocycles. The predicted molar refractivity (Wildman–Crippen MR) is 115 cm³/mol. The molecule has 0 aliphatic carbocycles. The molecule has 4 rings (SSSR count). The van der Waals surface area contributed by atoms with Gasteiger partial charge in [-0.3, -0.25) is 14.3 Å². The van der Waals surface area contributed by atoms with E-state index >= 15 is 0 Å². The lowest BCUT2D eigenvalue weighted by atomic mass is 10.2. The number of hydrogen-bond acceptors (Lipinski definition) is 3. The molecule has 1 amide bonds. The summed E-state index contributed by atoms with van der Waals surface area (Å²) in [6, 6.07) is 24.1. The molecule has 0 fully saturated rings. The second kappa shape index (κ2) is 8.69. The third-order valence-electron chi connectivity index (χ3n) is 5.06. The van der Waals surface area contributed by atoms with Crippen LogP contribution in [0.3, 0.4) is 0 Å². The largest absolute Gasteiger partial charge is 0.345 e. The van der Waals surface area contributed by atoms with Crippen molar-refractivity contribution in [1.82, 2.24) is 19.4 Å². The van der Waals surface area contributed by atoms with Crippen molar-refractivity contribution in [3.05, 3.63) is 90.5 Å². The van der Waals surface area contributed by atoms with E-state index in [-0.39, 0.29) is 5.91 Å². The van der Waals surface area contributed by atoms with Gasteiger partial charge >= 0.3 is 0 Å². The molecule has 4 aromatic rings. The van der Waals surface area contributed by atoms with E-state index in [0.717, 1.165) is 34.7 Å². The molecule has 0 radical (unpaired) electrons. The number of likely N-dealkylation sites (N-methyl/N-ethyl adjacent to an activating group) is 1. The minimum absolute atomic E-state index is 0.118. The van der Waals surface area contributed by atoms with Crippen LogP contribution in [0.1, 0.15) is 17.9 Å². The van der Waals surface area contributed by atoms with Gasteiger partial charge < -0.3 is 4.90 Å². The minimum Gasteiger partial charge on any atom is -0.345 e. The van der Waals surface area contributed by atoms with Crippen molar-refractivity contribution >= 4 is 16.9 Å². The van der Waals surface area contributed by atoms with Gasteiger partial charge in [0.2, 0.25) is 5.91 Å². The topological polar surface area (TPSA) is 51.0 Å². The Morgan fingerprint density at radius 1 is 0.931 bits per heavy atom. The fraction of sp³-hybridized carbons (Fsp3) is 0.208. The van der Waals surface area contributed by atoms with E-state index in [1.54, 1.807) is 11.1 Å². The van der Waals surface area contributed by atoms with Crippen LogP contribution in [0.4, 0.5) is 0 Å². The number of rotatable bonds is 7. The van der Waals surface area contributed by atoms with E-state index in [2.05, 4.69) is 27.8 Å². The number of carbonyl (C=O) groups excluding carboxylic acids is 1. The molecular formula is C24H24N4O. The molecule has 5 nitrogen and oxygen atoms in total. The van der Waals surface area contributed by atoms with E-state index in [1.807, 2.05) is 61.6 Å². The van der Waals surface area contributed by atoms with Crippen LogP contribution in [-0.2, 0) is 17.6 Å². The number of amides is 1. The maximum Gasteiger partial charge on any atom is 0.222 e. The number of carbonyl (C=O) groups is 1. The summed E-state index contributed by atoms with van der Waals surface area (Å²) < 4.78 is 2.15. The second-order valence-corrected chi connectivity index (χ2v) is 7.07. The highest BCUT2D eigenvalue weighted by Crippen LogP contribution is 2.22. The standard InChI is InChI=1S/C24H24N4O/c1-27(18-16-19-9-7-8-17-25-19)24(29)15-14-23-26-21-12-5-6-13-22(21)28(23)20-10-3-2-4-11-20/h2-13,17H,14-16,18H2,1H3. The van der Waals surface area contributed by atoms with Gasteiger partial charge in [-0.1, -0.05) is 36.4 Å². The maximum absolute atomic E-state index is 12.7. The lowest BCUT2D eigenvalue weighted by Gasteiger charge is -2.17. The summed E-state index contributed by atoms with van der Waals surface area (Å²) >= 11 is 0. The van der Waals surface area contributed by atoms with Crippen LogP contribution in [-0.4, -0.2) is 38.9 Å². The molecule has 0 unspecified atom stereocenters. The molecule has 5 heteroatoms. The highest BCUT2D eigenvalue weighted by Gasteiger charge is 2.15. The van der Waals surface area contributed by atoms with Gasteiger partial charge in [-0.15, -0.1) is 0 Å². The van der Waals surface area contributed by atoms with Crippen LogP contribution < -0.4 is 0 Å². The van der Waals surface area contributed by atoms with Gasteiger partial charge in [0.25, 0.3) is 0 Å². The molecule has 0 saturated carbocycles. The van der Waals surface area contributed by atoms with Gasteiger partial charge in [0.1, 0.15) is 5.82 Å². The summed E-state index contributed by atoms with van der Waals surface area (Å²) in [5, 5.41) is 0. The average Bonchev–Trinajstić information content (AvgIpc) is 3.15. The van der Waals surface area contributed by atoms with Crippen molar-refractivity contribution in [2.75, 3.05) is 13.6 Å². The first-order valence-electron chi connectivity index (χ1n) is 9.88. The van der Waals surface area contributed by atoms with Crippen LogP contribution in [0, 0.1) is 0 Å². The van der Waals surface area contributed by atoms with Crippen molar-refractivity contribution in [2.45, 2.75) is 19.3 Å². The van der Waals surface area contributed by atoms with E-state index < -0.39 is 0 Å². The summed E-state index contributed by atoms with van der Waals surface area (Å²) in [7, 11) is 1.85. The highest BCUT2D eigenvalue weighted by molar-refractivity contribution is 5.79. The predicted octanol–water partition coefficient (Wildman–Crippen LogP) is 4.05. The Bertz CT molecular complexity index is 1090. The minimum atomic E-state index is 0.118. The summed E-state index contributed by atoms with van der Waals surface area (Å²) in [5.41, 5.74) is 4.07. The van der Waals surface area contributed by atoms with Gasteiger partial charge in [0, 0.05) is 50.4 Å². The van der Waals surface area contributed by atoms with Crippen molar-refractivity contribution < 1.29 is 4.79 Å². The number of imidazole rings is 1. The number of para-hydroxylation sites is 3. The van der Waals surface area contributed by atoms with Gasteiger partial charge in [0.15, 0.2) is 0 Å². The quantitative estimate of drug-likeness (QED) is 0.483. The van der Waals surface area contributed by atoms with Gasteiger partial charge in [-0.05, 0) is 36.4 Å². The smallest absolute Gasteiger partial charge is 0.222 e. The Hall–Kier alpha value is -3.47. The molecule has 0 aliphatic rings. The summed E-state index contributed by atoms with van der Waals surface area (Å²) in [6.07, 6.45) is 3.56. The van der Waals surface area contributed by atoms with Crippen molar-refractivity contribution in [3.63, 3.8) is 0 Å². The molecule has 0 aliphatic heterocycles. The van der Waals surface area contributed by atoms with Crippen LogP contribution in [0.5, 0.6) is 0 Å². The number of pyridine rings is 1. The number of benzene rings is 2. The first-order chi connectivity index (χ1) is 14.2. The van der Waals surface area contributed by atoms with Crippen LogP contribution in [0.15, 0.2) is 79.0 Å². The van der Waals surface area contributed by atoms with Gasteiger partial charge in [-0.25, -0.2) is 4.98 Å². The molecule has 146 valence electrons. The van der Waals surface area contributed by atoms with E-state index in [4.69, 9.17) is 4.98 Å². The Kier molecular flexibility index (Phi) is 5.66. The first kappa shape index (κ1) is 18.9. The summed E-state index contributed by atoms with van der Waals surface area (Å²) in [5.74, 6) is 1.02. The van der Waals surface area contributed by atoms with Crippen LogP contribution in [0.25, 0.3) is 16.7 Å². The molecule has 29 heavy (non-hydrogen) atoms. The Labute approximate surface area is 170 Å². The SMILES string of the molecule is CN(CCc1ccccn1)C(=O)CCc1nc2ccccc2n1-c1ccccc1. The monoisotopic (exact) mass is 384 g/mol. The zero-order valence-electron chi connectivity index (χ0n) is 16.5. The zero-order chi connectivity index (χ0) is 20.1. The van der Waals surface area contributed by atoms with Crippen molar-refractivity contribution in [3.8, 4) is 5.69 Å². The fourth-order valence-electron chi connectivity index (χ4n) is 3.47. The Morgan fingerprint density at radius 2 is 1.69 bits per heavy atom. The van der Waals surface area contributed by atoms with Gasteiger partial charge in [-0.2, -0.15) is 0 Å².